The number of fused-ring (bicyclic) bond motifs is 1. The average Bonchev–Trinajstić information content (AvgIpc) is 2.98. The van der Waals surface area contributed by atoms with E-state index in [0.717, 1.165) is 0 Å². The molecule has 2 atom stereocenters. The number of hydrogen-bond acceptors (Lipinski definition) is 5. The van der Waals surface area contributed by atoms with E-state index in [1.807, 2.05) is 0 Å². The van der Waals surface area contributed by atoms with Crippen molar-refractivity contribution in [3.63, 3.8) is 0 Å². The van der Waals surface area contributed by atoms with Gasteiger partial charge in [-0.1, -0.05) is 23.7 Å². The smallest absolute Gasteiger partial charge is 0.378 e. The van der Waals surface area contributed by atoms with Gasteiger partial charge in [-0.15, -0.1) is 0 Å². The Kier molecular flexibility index (Phi) is 8.83. The van der Waals surface area contributed by atoms with Gasteiger partial charge in [0.2, 0.25) is 5.91 Å². The molecule has 32 heavy (non-hydrogen) atoms. The monoisotopic (exact) mass is 583 g/mol. The van der Waals surface area contributed by atoms with Crippen LogP contribution in [0.5, 0.6) is 0 Å². The number of nitrogens with one attached hydrogen (secondary N) is 2. The molecule has 4 rings (SSSR count). The van der Waals surface area contributed by atoms with Gasteiger partial charge in [-0.2, -0.15) is 5.10 Å². The van der Waals surface area contributed by atoms with Crippen molar-refractivity contribution < 1.29 is 87.2 Å². The molecule has 2 heterocycles. The molecule has 1 amide bonds. The molecule has 0 bridgehead atoms. The molecular weight excluding hydrogens is 561 g/mol. The van der Waals surface area contributed by atoms with Gasteiger partial charge < -0.3 is 22.8 Å². The summed E-state index contributed by atoms with van der Waals surface area (Å²) < 4.78 is 35.6. The summed E-state index contributed by atoms with van der Waals surface area (Å²) in [6, 6.07) is 8.21. The number of hydrogen-bond donors (Lipinski definition) is 2. The first-order valence-corrected chi connectivity index (χ1v) is 9.61. The number of alkyl halides is 2. The number of carbonyl (C=O) groups is 1. The Labute approximate surface area is 249 Å². The average molecular weight is 584 g/mol. The first-order valence-electron chi connectivity index (χ1n) is 9.23. The van der Waals surface area contributed by atoms with Gasteiger partial charge in [-0.05, 0) is 24.6 Å². The molecule has 2 aromatic heterocycles. The maximum absolute atomic E-state index is 14.4. The molecular formula is C21H23ClCsF2N5O2. The van der Waals surface area contributed by atoms with Crippen LogP contribution in [0.4, 0.5) is 20.2 Å². The molecule has 1 aliphatic rings. The number of benzene rings is 1. The summed E-state index contributed by atoms with van der Waals surface area (Å²) in [5.74, 6) is -4.92. The van der Waals surface area contributed by atoms with Crippen LogP contribution in [0.2, 0.25) is 5.15 Å². The Hall–Kier alpha value is -0.728. The van der Waals surface area contributed by atoms with Crippen LogP contribution in [0.15, 0.2) is 36.5 Å². The molecule has 11 heteroatoms. The third-order valence-electron chi connectivity index (χ3n) is 5.61. The summed E-state index contributed by atoms with van der Waals surface area (Å²) >= 11 is 5.98. The molecule has 0 saturated heterocycles. The van der Waals surface area contributed by atoms with Gasteiger partial charge in [0.15, 0.2) is 10.8 Å². The van der Waals surface area contributed by atoms with E-state index in [4.69, 9.17) is 16.3 Å². The zero-order valence-corrected chi connectivity index (χ0v) is 25.6. The van der Waals surface area contributed by atoms with Crippen molar-refractivity contribution in [1.29, 1.82) is 0 Å². The fourth-order valence-electron chi connectivity index (χ4n) is 3.86. The SMILES string of the molecule is CNC(=O)C1(C)C(c2ccc(Nc3cnc4cc(Cl)nn4c3COC)cc2)C1(F)F.[CH3-].[Cs+]. The van der Waals surface area contributed by atoms with Gasteiger partial charge in [0.05, 0.1) is 30.1 Å². The molecule has 2 N–H and O–H groups in total. The number of nitrogens with zero attached hydrogens (tertiary/aromatic N) is 3. The van der Waals surface area contributed by atoms with Crippen LogP contribution in [0.3, 0.4) is 0 Å². The van der Waals surface area contributed by atoms with E-state index < -0.39 is 23.2 Å². The second kappa shape index (κ2) is 10.3. The van der Waals surface area contributed by atoms with E-state index in [1.165, 1.54) is 14.0 Å². The predicted molar refractivity (Wildman–Crippen MR) is 115 cm³/mol. The topological polar surface area (TPSA) is 80.5 Å². The van der Waals surface area contributed by atoms with Crippen molar-refractivity contribution in [1.82, 2.24) is 19.9 Å². The second-order valence-electron chi connectivity index (χ2n) is 7.37. The molecule has 7 nitrogen and oxygen atoms in total. The fraction of sp³-hybridized carbons (Fsp3) is 0.333. The Morgan fingerprint density at radius 1 is 1.31 bits per heavy atom. The van der Waals surface area contributed by atoms with Gasteiger partial charge in [0.25, 0.3) is 5.92 Å². The summed E-state index contributed by atoms with van der Waals surface area (Å²) in [5.41, 5.74) is 1.26. The molecule has 1 aromatic carbocycles. The van der Waals surface area contributed by atoms with Crippen molar-refractivity contribution >= 4 is 34.5 Å². The maximum Gasteiger partial charge on any atom is 1.00 e. The summed E-state index contributed by atoms with van der Waals surface area (Å²) in [5, 5.41) is 10.1. The minimum Gasteiger partial charge on any atom is -0.378 e. The van der Waals surface area contributed by atoms with Crippen LogP contribution in [-0.2, 0) is 16.1 Å². The minimum atomic E-state index is -3.10. The Balaban J connectivity index is 0.00000181. The van der Waals surface area contributed by atoms with E-state index in [1.54, 1.807) is 48.2 Å². The normalized spacial score (nSPS) is 20.8. The van der Waals surface area contributed by atoms with Crippen LogP contribution >= 0.6 is 11.6 Å². The van der Waals surface area contributed by atoms with E-state index in [-0.39, 0.29) is 82.9 Å². The van der Waals surface area contributed by atoms with Crippen LogP contribution in [0.1, 0.15) is 24.1 Å². The Morgan fingerprint density at radius 2 is 1.97 bits per heavy atom. The molecule has 2 unspecified atom stereocenters. The summed E-state index contributed by atoms with van der Waals surface area (Å²) in [4.78, 5) is 16.3. The molecule has 1 fully saturated rings. The van der Waals surface area contributed by atoms with E-state index in [9.17, 15) is 13.6 Å². The number of anilines is 2. The first kappa shape index (κ1) is 27.5. The van der Waals surface area contributed by atoms with Gasteiger partial charge in [-0.25, -0.2) is 18.3 Å². The summed E-state index contributed by atoms with van der Waals surface area (Å²) in [7, 11) is 2.93. The van der Waals surface area contributed by atoms with E-state index in [0.29, 0.717) is 33.4 Å². The number of aromatic nitrogens is 3. The summed E-state index contributed by atoms with van der Waals surface area (Å²) in [6.07, 6.45) is 1.63. The molecule has 1 saturated carbocycles. The molecule has 0 radical (unpaired) electrons. The van der Waals surface area contributed by atoms with Gasteiger partial charge >= 0.3 is 68.9 Å². The molecule has 1 aliphatic carbocycles. The fourth-order valence-corrected chi connectivity index (χ4v) is 4.04. The van der Waals surface area contributed by atoms with Crippen molar-refractivity contribution in [2.75, 3.05) is 19.5 Å². The first-order chi connectivity index (χ1) is 14.2. The molecule has 0 aliphatic heterocycles. The van der Waals surface area contributed by atoms with Crippen molar-refractivity contribution in [3.05, 3.63) is 60.4 Å². The zero-order valence-electron chi connectivity index (χ0n) is 18.5. The second-order valence-corrected chi connectivity index (χ2v) is 7.76. The minimum absolute atomic E-state index is 0. The maximum atomic E-state index is 14.4. The number of rotatable bonds is 6. The van der Waals surface area contributed by atoms with E-state index in [2.05, 4.69) is 20.7 Å². The zero-order chi connectivity index (χ0) is 21.7. The predicted octanol–water partition coefficient (Wildman–Crippen LogP) is 1.21. The van der Waals surface area contributed by atoms with Crippen LogP contribution in [0.25, 0.3) is 5.65 Å². The van der Waals surface area contributed by atoms with Crippen LogP contribution < -0.4 is 79.5 Å². The van der Waals surface area contributed by atoms with Crippen molar-refractivity contribution in [2.24, 2.45) is 5.41 Å². The van der Waals surface area contributed by atoms with Crippen molar-refractivity contribution in [2.45, 2.75) is 25.4 Å². The van der Waals surface area contributed by atoms with Crippen LogP contribution in [-0.4, -0.2) is 40.6 Å². The number of carbonyl (C=O) groups excluding carboxylic acids is 1. The quantitative estimate of drug-likeness (QED) is 0.427. The summed E-state index contributed by atoms with van der Waals surface area (Å²) in [6.45, 7) is 1.55. The standard InChI is InChI=1S/C20H20ClF2N5O2.CH3.Cs/c1-19(18(29)24-2)17(20(19,22)23)11-4-6-12(7-5-11)26-13-9-25-16-8-15(21)27-28(16)14(13)10-30-3;;/h4-9,17,26H,10H2,1-3H3,(H,24,29);1H3;/q;-1;+1. The number of amides is 1. The molecule has 166 valence electrons. The molecule has 0 spiro atoms. The third kappa shape index (κ3) is 4.48. The number of ether oxygens (including phenoxy) is 1. The molecule has 3 aromatic rings. The van der Waals surface area contributed by atoms with Gasteiger partial charge in [0.1, 0.15) is 5.41 Å². The number of halogens is 3. The van der Waals surface area contributed by atoms with Crippen molar-refractivity contribution in [3.8, 4) is 0 Å². The van der Waals surface area contributed by atoms with Gasteiger partial charge in [0, 0.05) is 25.9 Å². The Morgan fingerprint density at radius 3 is 2.56 bits per heavy atom. The Bertz CT molecular complexity index is 1130. The largest absolute Gasteiger partial charge is 1.00 e. The third-order valence-corrected chi connectivity index (χ3v) is 5.79. The van der Waals surface area contributed by atoms with Gasteiger partial charge in [-0.3, -0.25) is 4.79 Å². The number of methoxy groups -OCH3 is 1. The van der Waals surface area contributed by atoms with Crippen LogP contribution in [0, 0.1) is 12.8 Å². The van der Waals surface area contributed by atoms with E-state index >= 15 is 0 Å².